The summed E-state index contributed by atoms with van der Waals surface area (Å²) in [6.45, 7) is 4.22. The van der Waals surface area contributed by atoms with Crippen molar-refractivity contribution in [2.75, 3.05) is 5.73 Å². The monoisotopic (exact) mass is 259 g/mol. The van der Waals surface area contributed by atoms with Crippen molar-refractivity contribution in [2.45, 2.75) is 32.5 Å². The lowest BCUT2D eigenvalue weighted by Crippen LogP contribution is -2.22. The van der Waals surface area contributed by atoms with Gasteiger partial charge >= 0.3 is 0 Å². The number of rotatable bonds is 3. The topological polar surface area (TPSA) is 42.2 Å². The molecule has 0 saturated heterocycles. The highest BCUT2D eigenvalue weighted by Gasteiger charge is 2.27. The zero-order chi connectivity index (χ0) is 12.5. The number of anilines is 1. The van der Waals surface area contributed by atoms with Gasteiger partial charge in [-0.2, -0.15) is 0 Å². The molecule has 3 rings (SSSR count). The van der Waals surface area contributed by atoms with Crippen LogP contribution >= 0.6 is 11.3 Å². The average molecular weight is 259 g/mol. The number of nitrogen functional groups attached to an aromatic ring is 1. The lowest BCUT2D eigenvalue weighted by Gasteiger charge is -2.24. The van der Waals surface area contributed by atoms with Crippen molar-refractivity contribution in [3.05, 3.63) is 45.9 Å². The molecule has 1 aromatic heterocycles. The second-order valence-electron chi connectivity index (χ2n) is 4.73. The number of hydrogen-bond acceptors (Lipinski definition) is 4. The van der Waals surface area contributed by atoms with Gasteiger partial charge in [0.15, 0.2) is 0 Å². The van der Waals surface area contributed by atoms with E-state index in [9.17, 15) is 0 Å². The number of nitrogens with zero attached hydrogens (tertiary/aromatic N) is 2. The van der Waals surface area contributed by atoms with Crippen LogP contribution in [0, 0.1) is 0 Å². The van der Waals surface area contributed by atoms with E-state index in [0.717, 1.165) is 25.2 Å². The molecule has 0 radical (unpaired) electrons. The molecule has 3 nitrogen and oxygen atoms in total. The zero-order valence-corrected chi connectivity index (χ0v) is 11.3. The number of aromatic nitrogens is 1. The molecule has 4 heteroatoms. The first-order valence-corrected chi connectivity index (χ1v) is 7.16. The Bertz CT molecular complexity index is 536. The van der Waals surface area contributed by atoms with E-state index in [1.165, 1.54) is 16.1 Å². The first-order chi connectivity index (χ1) is 8.78. The predicted molar refractivity (Wildman–Crippen MR) is 75.2 cm³/mol. The van der Waals surface area contributed by atoms with Crippen LogP contribution in [-0.4, -0.2) is 9.88 Å². The van der Waals surface area contributed by atoms with E-state index in [1.54, 1.807) is 11.3 Å². The molecule has 0 saturated carbocycles. The molecule has 1 atom stereocenters. The van der Waals surface area contributed by atoms with Crippen molar-refractivity contribution in [3.63, 3.8) is 0 Å². The Morgan fingerprint density at radius 3 is 2.94 bits per heavy atom. The minimum absolute atomic E-state index is 0.429. The van der Waals surface area contributed by atoms with Gasteiger partial charge in [-0.25, -0.2) is 4.98 Å². The van der Waals surface area contributed by atoms with E-state index in [0.29, 0.717) is 6.04 Å². The molecule has 1 aromatic carbocycles. The Morgan fingerprint density at radius 2 is 2.22 bits per heavy atom. The van der Waals surface area contributed by atoms with Crippen molar-refractivity contribution >= 4 is 17.0 Å². The van der Waals surface area contributed by atoms with Gasteiger partial charge in [-0.05, 0) is 29.7 Å². The molecular weight excluding hydrogens is 242 g/mol. The number of fused-ring (bicyclic) bond motifs is 1. The Morgan fingerprint density at radius 1 is 1.39 bits per heavy atom. The fourth-order valence-corrected chi connectivity index (χ4v) is 3.50. The minimum atomic E-state index is 0.429. The van der Waals surface area contributed by atoms with Crippen LogP contribution in [0.4, 0.5) is 5.69 Å². The van der Waals surface area contributed by atoms with Gasteiger partial charge in [0.2, 0.25) is 0 Å². The average Bonchev–Trinajstić information content (AvgIpc) is 2.98. The summed E-state index contributed by atoms with van der Waals surface area (Å²) in [5.41, 5.74) is 9.48. The van der Waals surface area contributed by atoms with Gasteiger partial charge < -0.3 is 5.73 Å². The molecule has 0 fully saturated rings. The second kappa shape index (κ2) is 4.71. The SMILES string of the molecule is CCC(c1nccs1)N1Cc2ccc(N)cc2C1. The Labute approximate surface area is 111 Å². The summed E-state index contributed by atoms with van der Waals surface area (Å²) >= 11 is 1.75. The molecular formula is C14H17N3S. The molecule has 2 N–H and O–H groups in total. The van der Waals surface area contributed by atoms with Crippen molar-refractivity contribution < 1.29 is 0 Å². The summed E-state index contributed by atoms with van der Waals surface area (Å²) in [6.07, 6.45) is 2.99. The van der Waals surface area contributed by atoms with Crippen LogP contribution in [0.25, 0.3) is 0 Å². The predicted octanol–water partition coefficient (Wildman–Crippen LogP) is 3.19. The van der Waals surface area contributed by atoms with Crippen molar-refractivity contribution in [3.8, 4) is 0 Å². The van der Waals surface area contributed by atoms with Crippen LogP contribution in [0.3, 0.4) is 0 Å². The Kier molecular flexibility index (Phi) is 3.06. The third-order valence-electron chi connectivity index (χ3n) is 3.54. The van der Waals surface area contributed by atoms with Crippen LogP contribution in [0.2, 0.25) is 0 Å². The van der Waals surface area contributed by atoms with Gasteiger partial charge in [0.25, 0.3) is 0 Å². The number of benzene rings is 1. The second-order valence-corrected chi connectivity index (χ2v) is 5.65. The van der Waals surface area contributed by atoms with Crippen LogP contribution < -0.4 is 5.73 Å². The third kappa shape index (κ3) is 2.02. The quantitative estimate of drug-likeness (QED) is 0.861. The van der Waals surface area contributed by atoms with Crippen molar-refractivity contribution in [1.29, 1.82) is 0 Å². The summed E-state index contributed by atoms with van der Waals surface area (Å²) in [6, 6.07) is 6.68. The summed E-state index contributed by atoms with van der Waals surface area (Å²) in [5.74, 6) is 0. The van der Waals surface area contributed by atoms with Crippen LogP contribution in [0.5, 0.6) is 0 Å². The first kappa shape index (κ1) is 11.7. The molecule has 2 aromatic rings. The van der Waals surface area contributed by atoms with Gasteiger partial charge in [-0.15, -0.1) is 11.3 Å². The normalized spacial score (nSPS) is 16.7. The molecule has 94 valence electrons. The van der Waals surface area contributed by atoms with Crippen molar-refractivity contribution in [1.82, 2.24) is 9.88 Å². The highest BCUT2D eigenvalue weighted by atomic mass is 32.1. The molecule has 2 heterocycles. The molecule has 0 amide bonds. The van der Waals surface area contributed by atoms with Gasteiger partial charge in [-0.3, -0.25) is 4.90 Å². The first-order valence-electron chi connectivity index (χ1n) is 6.28. The van der Waals surface area contributed by atoms with Gasteiger partial charge in [0.05, 0.1) is 6.04 Å². The highest BCUT2D eigenvalue weighted by Crippen LogP contribution is 2.34. The van der Waals surface area contributed by atoms with E-state index in [-0.39, 0.29) is 0 Å². The summed E-state index contributed by atoms with van der Waals surface area (Å²) in [4.78, 5) is 6.95. The van der Waals surface area contributed by atoms with E-state index >= 15 is 0 Å². The standard InChI is InChI=1S/C14H17N3S/c1-2-13(14-16-5-6-18-14)17-8-10-3-4-12(15)7-11(10)9-17/h3-7,13H,2,8-9,15H2,1H3. The maximum atomic E-state index is 5.85. The van der Waals surface area contributed by atoms with Crippen molar-refractivity contribution in [2.24, 2.45) is 0 Å². The van der Waals surface area contributed by atoms with Gasteiger partial charge in [0, 0.05) is 30.4 Å². The molecule has 0 aliphatic carbocycles. The van der Waals surface area contributed by atoms with E-state index < -0.39 is 0 Å². The number of thiazole rings is 1. The van der Waals surface area contributed by atoms with Crippen LogP contribution in [0.1, 0.15) is 35.5 Å². The van der Waals surface area contributed by atoms with Crippen LogP contribution in [-0.2, 0) is 13.1 Å². The lowest BCUT2D eigenvalue weighted by atomic mass is 10.1. The Balaban J connectivity index is 1.84. The Hall–Kier alpha value is -1.39. The van der Waals surface area contributed by atoms with E-state index in [4.69, 9.17) is 5.73 Å². The molecule has 0 bridgehead atoms. The lowest BCUT2D eigenvalue weighted by molar-refractivity contribution is 0.194. The molecule has 1 aliphatic rings. The highest BCUT2D eigenvalue weighted by molar-refractivity contribution is 7.09. The minimum Gasteiger partial charge on any atom is -0.399 e. The molecule has 18 heavy (non-hydrogen) atoms. The maximum Gasteiger partial charge on any atom is 0.110 e. The number of nitrogens with two attached hydrogens (primary N) is 1. The largest absolute Gasteiger partial charge is 0.399 e. The fraction of sp³-hybridized carbons (Fsp3) is 0.357. The molecule has 1 aliphatic heterocycles. The van der Waals surface area contributed by atoms with E-state index in [1.807, 2.05) is 12.3 Å². The van der Waals surface area contributed by atoms with E-state index in [2.05, 4.69) is 34.3 Å². The third-order valence-corrected chi connectivity index (χ3v) is 4.42. The van der Waals surface area contributed by atoms with Crippen LogP contribution in [0.15, 0.2) is 29.8 Å². The smallest absolute Gasteiger partial charge is 0.110 e. The van der Waals surface area contributed by atoms with Gasteiger partial charge in [-0.1, -0.05) is 13.0 Å². The number of hydrogen-bond donors (Lipinski definition) is 1. The van der Waals surface area contributed by atoms with Gasteiger partial charge in [0.1, 0.15) is 5.01 Å². The fourth-order valence-electron chi connectivity index (χ4n) is 2.65. The molecule has 1 unspecified atom stereocenters. The summed E-state index contributed by atoms with van der Waals surface area (Å²) in [5, 5.41) is 3.28. The summed E-state index contributed by atoms with van der Waals surface area (Å²) < 4.78 is 0. The maximum absolute atomic E-state index is 5.85. The molecule has 0 spiro atoms. The zero-order valence-electron chi connectivity index (χ0n) is 10.5. The summed E-state index contributed by atoms with van der Waals surface area (Å²) in [7, 11) is 0.